The zero-order chi connectivity index (χ0) is 22.9. The van der Waals surface area contributed by atoms with Crippen molar-refractivity contribution in [2.24, 2.45) is 0 Å². The van der Waals surface area contributed by atoms with Gasteiger partial charge in [-0.1, -0.05) is 103 Å². The van der Waals surface area contributed by atoms with Crippen LogP contribution in [0.3, 0.4) is 0 Å². The van der Waals surface area contributed by atoms with E-state index in [4.69, 9.17) is 12.6 Å². The van der Waals surface area contributed by atoms with Crippen LogP contribution >= 0.6 is 12.6 Å². The lowest BCUT2D eigenvalue weighted by molar-refractivity contribution is 0.575. The minimum Gasteiger partial charge on any atom is -0.236 e. The summed E-state index contributed by atoms with van der Waals surface area (Å²) in [4.78, 5) is 10.3. The Bertz CT molecular complexity index is 726. The molecule has 0 fully saturated rings. The van der Waals surface area contributed by atoms with Gasteiger partial charge in [0.2, 0.25) is 0 Å². The number of hydrogen-bond donors (Lipinski definition) is 1. The van der Waals surface area contributed by atoms with E-state index in [1.807, 2.05) is 12.4 Å². The number of hydrogen-bond acceptors (Lipinski definition) is 3. The summed E-state index contributed by atoms with van der Waals surface area (Å²) in [7, 11) is 0. The number of thiol groups is 1. The Morgan fingerprint density at radius 3 is 1.56 bits per heavy atom. The SMILES string of the molecule is CCCCCCCCCCc1ccc(-c2ncc(CCCCCCCCC)cn2)c(S)c1. The number of unbranched alkanes of at least 4 members (excludes halogenated alkanes) is 13. The first-order valence-corrected chi connectivity index (χ1v) is 13.8. The van der Waals surface area contributed by atoms with Crippen LogP contribution in [0, 0.1) is 0 Å². The van der Waals surface area contributed by atoms with Crippen LogP contribution in [-0.4, -0.2) is 9.97 Å². The average molecular weight is 455 g/mol. The molecule has 2 aromatic rings. The Morgan fingerprint density at radius 2 is 1.06 bits per heavy atom. The molecule has 0 saturated heterocycles. The van der Waals surface area contributed by atoms with Crippen molar-refractivity contribution in [2.75, 3.05) is 0 Å². The van der Waals surface area contributed by atoms with Crippen LogP contribution in [0.1, 0.15) is 121 Å². The smallest absolute Gasteiger partial charge is 0.160 e. The van der Waals surface area contributed by atoms with Crippen LogP contribution < -0.4 is 0 Å². The predicted molar refractivity (Wildman–Crippen MR) is 143 cm³/mol. The van der Waals surface area contributed by atoms with Crippen LogP contribution in [-0.2, 0) is 12.8 Å². The normalized spacial score (nSPS) is 11.2. The maximum absolute atomic E-state index is 4.74. The molecule has 32 heavy (non-hydrogen) atoms. The largest absolute Gasteiger partial charge is 0.236 e. The maximum atomic E-state index is 4.74. The first-order valence-electron chi connectivity index (χ1n) is 13.4. The zero-order valence-electron chi connectivity index (χ0n) is 20.7. The monoisotopic (exact) mass is 454 g/mol. The van der Waals surface area contributed by atoms with Gasteiger partial charge in [-0.2, -0.15) is 0 Å². The van der Waals surface area contributed by atoms with E-state index in [2.05, 4.69) is 42.0 Å². The van der Waals surface area contributed by atoms with E-state index in [1.54, 1.807) is 0 Å². The van der Waals surface area contributed by atoms with Crippen molar-refractivity contribution in [3.63, 3.8) is 0 Å². The zero-order valence-corrected chi connectivity index (χ0v) is 21.6. The quantitative estimate of drug-likeness (QED) is 0.179. The first kappa shape index (κ1) is 26.9. The molecule has 3 heteroatoms. The second kappa shape index (κ2) is 17.2. The lowest BCUT2D eigenvalue weighted by Crippen LogP contribution is -1.95. The summed E-state index contributed by atoms with van der Waals surface area (Å²) in [5.41, 5.74) is 3.66. The number of benzene rings is 1. The Balaban J connectivity index is 1.70. The van der Waals surface area contributed by atoms with Gasteiger partial charge in [-0.15, -0.1) is 12.6 Å². The molecule has 0 bridgehead atoms. The summed E-state index contributed by atoms with van der Waals surface area (Å²) in [5, 5.41) is 0. The van der Waals surface area contributed by atoms with Gasteiger partial charge in [-0.25, -0.2) is 9.97 Å². The highest BCUT2D eigenvalue weighted by Gasteiger charge is 2.07. The van der Waals surface area contributed by atoms with E-state index in [9.17, 15) is 0 Å². The molecule has 0 saturated carbocycles. The molecular formula is C29H46N2S. The standard InChI is InChI=1S/C29H46N2S/c1-3-5-7-9-11-13-14-16-18-25-20-21-27(28(32)22-25)29-30-23-26(24-31-29)19-17-15-12-10-8-6-4-2/h20-24,32H,3-19H2,1-2H3. The molecule has 1 aromatic carbocycles. The molecule has 1 heterocycles. The topological polar surface area (TPSA) is 25.8 Å². The van der Waals surface area contributed by atoms with Gasteiger partial charge in [-0.3, -0.25) is 0 Å². The van der Waals surface area contributed by atoms with Crippen molar-refractivity contribution in [3.05, 3.63) is 41.7 Å². The molecule has 0 spiro atoms. The molecule has 0 aliphatic rings. The highest BCUT2D eigenvalue weighted by Crippen LogP contribution is 2.25. The van der Waals surface area contributed by atoms with Gasteiger partial charge in [0.1, 0.15) is 0 Å². The van der Waals surface area contributed by atoms with Crippen molar-refractivity contribution >= 4 is 12.6 Å². The second-order valence-electron chi connectivity index (χ2n) is 9.36. The third-order valence-electron chi connectivity index (χ3n) is 6.40. The van der Waals surface area contributed by atoms with Crippen LogP contribution in [0.2, 0.25) is 0 Å². The molecule has 2 rings (SSSR count). The summed E-state index contributed by atoms with van der Waals surface area (Å²) in [6.45, 7) is 4.55. The first-order chi connectivity index (χ1) is 15.7. The second-order valence-corrected chi connectivity index (χ2v) is 9.84. The van der Waals surface area contributed by atoms with Crippen LogP contribution in [0.25, 0.3) is 11.4 Å². The summed E-state index contributed by atoms with van der Waals surface area (Å²) in [6, 6.07) is 6.58. The Morgan fingerprint density at radius 1 is 0.594 bits per heavy atom. The van der Waals surface area contributed by atoms with Gasteiger partial charge < -0.3 is 0 Å². The van der Waals surface area contributed by atoms with E-state index >= 15 is 0 Å². The van der Waals surface area contributed by atoms with Crippen molar-refractivity contribution in [2.45, 2.75) is 128 Å². The number of nitrogens with zero attached hydrogens (tertiary/aromatic N) is 2. The highest BCUT2D eigenvalue weighted by molar-refractivity contribution is 7.80. The fraction of sp³-hybridized carbons (Fsp3) is 0.655. The van der Waals surface area contributed by atoms with Crippen LogP contribution in [0.15, 0.2) is 35.5 Å². The predicted octanol–water partition coefficient (Wildman–Crippen LogP) is 9.41. The van der Waals surface area contributed by atoms with E-state index in [0.29, 0.717) is 0 Å². The molecule has 178 valence electrons. The maximum Gasteiger partial charge on any atom is 0.160 e. The average Bonchev–Trinajstić information content (AvgIpc) is 2.81. The molecule has 1 aromatic heterocycles. The van der Waals surface area contributed by atoms with Crippen molar-refractivity contribution < 1.29 is 0 Å². The summed E-state index contributed by atoms with van der Waals surface area (Å²) < 4.78 is 0. The van der Waals surface area contributed by atoms with E-state index in [-0.39, 0.29) is 0 Å². The van der Waals surface area contributed by atoms with Crippen molar-refractivity contribution in [1.29, 1.82) is 0 Å². The molecule has 2 nitrogen and oxygen atoms in total. The fourth-order valence-corrected chi connectivity index (χ4v) is 4.63. The minimum absolute atomic E-state index is 0.789. The van der Waals surface area contributed by atoms with Gasteiger partial charge >= 0.3 is 0 Å². The lowest BCUT2D eigenvalue weighted by Gasteiger charge is -2.08. The third-order valence-corrected chi connectivity index (χ3v) is 6.77. The van der Waals surface area contributed by atoms with Crippen LogP contribution in [0.5, 0.6) is 0 Å². The summed E-state index contributed by atoms with van der Waals surface area (Å²) in [5.74, 6) is 0.789. The number of aryl methyl sites for hydroxylation is 2. The van der Waals surface area contributed by atoms with Gasteiger partial charge in [-0.05, 0) is 48.9 Å². The van der Waals surface area contributed by atoms with E-state index in [1.165, 1.54) is 107 Å². The molecule has 0 aliphatic carbocycles. The molecule has 0 atom stereocenters. The van der Waals surface area contributed by atoms with E-state index in [0.717, 1.165) is 29.1 Å². The Labute approximate surface area is 203 Å². The molecule has 0 amide bonds. The summed E-state index contributed by atoms with van der Waals surface area (Å²) in [6.07, 6.45) is 26.5. The van der Waals surface area contributed by atoms with Crippen molar-refractivity contribution in [1.82, 2.24) is 9.97 Å². The number of rotatable bonds is 18. The lowest BCUT2D eigenvalue weighted by atomic mass is 10.0. The van der Waals surface area contributed by atoms with E-state index < -0.39 is 0 Å². The Hall–Kier alpha value is -1.35. The van der Waals surface area contributed by atoms with Gasteiger partial charge in [0.15, 0.2) is 5.82 Å². The van der Waals surface area contributed by atoms with Gasteiger partial charge in [0, 0.05) is 22.9 Å². The summed E-state index contributed by atoms with van der Waals surface area (Å²) >= 11 is 4.74. The molecule has 0 aliphatic heterocycles. The van der Waals surface area contributed by atoms with Gasteiger partial charge in [0.05, 0.1) is 0 Å². The highest BCUT2D eigenvalue weighted by atomic mass is 32.1. The Kier molecular flexibility index (Phi) is 14.4. The molecule has 0 radical (unpaired) electrons. The van der Waals surface area contributed by atoms with Crippen molar-refractivity contribution in [3.8, 4) is 11.4 Å². The van der Waals surface area contributed by atoms with Gasteiger partial charge in [0.25, 0.3) is 0 Å². The minimum atomic E-state index is 0.789. The molecular weight excluding hydrogens is 408 g/mol. The fourth-order valence-electron chi connectivity index (χ4n) is 4.29. The molecule has 0 unspecified atom stereocenters. The van der Waals surface area contributed by atoms with Crippen LogP contribution in [0.4, 0.5) is 0 Å². The number of aromatic nitrogens is 2. The third kappa shape index (κ3) is 11.0. The molecule has 0 N–H and O–H groups in total.